The van der Waals surface area contributed by atoms with Crippen LogP contribution in [-0.4, -0.2) is 38.6 Å². The van der Waals surface area contributed by atoms with Crippen LogP contribution in [0.2, 0.25) is 0 Å². The number of carbonyl (C=O) groups is 1. The summed E-state index contributed by atoms with van der Waals surface area (Å²) in [4.78, 5) is 14.5. The minimum Gasteiger partial charge on any atom is -0.493 e. The minimum atomic E-state index is -4.52. The minimum absolute atomic E-state index is 0.220. The Hall–Kier alpha value is -2.70. The predicted molar refractivity (Wildman–Crippen MR) is 102 cm³/mol. The van der Waals surface area contributed by atoms with Gasteiger partial charge in [-0.2, -0.15) is 13.2 Å². The van der Waals surface area contributed by atoms with Crippen molar-refractivity contribution in [3.8, 4) is 22.6 Å². The number of hydrogen-bond donors (Lipinski definition) is 0. The molecule has 0 radical (unpaired) electrons. The van der Waals surface area contributed by atoms with Crippen molar-refractivity contribution in [3.05, 3.63) is 47.0 Å². The molecular formula is C21H24F3NO3. The third-order valence-corrected chi connectivity index (χ3v) is 4.66. The van der Waals surface area contributed by atoms with Crippen molar-refractivity contribution >= 4 is 5.91 Å². The van der Waals surface area contributed by atoms with E-state index in [9.17, 15) is 18.0 Å². The molecule has 0 aromatic heterocycles. The maximum absolute atomic E-state index is 13.5. The Bertz CT molecular complexity index is 863. The zero-order chi connectivity index (χ0) is 21.1. The average Bonchev–Trinajstić information content (AvgIpc) is 2.70. The molecule has 0 fully saturated rings. The van der Waals surface area contributed by atoms with Gasteiger partial charge in [-0.25, -0.2) is 0 Å². The van der Waals surface area contributed by atoms with Crippen LogP contribution in [0.25, 0.3) is 11.1 Å². The molecule has 0 N–H and O–H groups in total. The fourth-order valence-electron chi connectivity index (χ4n) is 2.96. The number of ether oxygens (including phenoxy) is 2. The van der Waals surface area contributed by atoms with E-state index in [0.717, 1.165) is 12.1 Å². The van der Waals surface area contributed by atoms with Crippen LogP contribution in [-0.2, 0) is 12.6 Å². The molecule has 0 heterocycles. The molecule has 0 aliphatic heterocycles. The summed E-state index contributed by atoms with van der Waals surface area (Å²) in [5, 5.41) is 0. The summed E-state index contributed by atoms with van der Waals surface area (Å²) in [5.41, 5.74) is 0.506. The highest BCUT2D eigenvalue weighted by Gasteiger charge is 2.33. The molecule has 0 saturated heterocycles. The fraction of sp³-hybridized carbons (Fsp3) is 0.381. The van der Waals surface area contributed by atoms with Gasteiger partial charge in [-0.3, -0.25) is 4.79 Å². The smallest absolute Gasteiger partial charge is 0.416 e. The summed E-state index contributed by atoms with van der Waals surface area (Å²) in [5.74, 6) is 0.503. The lowest BCUT2D eigenvalue weighted by atomic mass is 9.90. The number of amides is 1. The second-order valence-electron chi connectivity index (χ2n) is 6.30. The van der Waals surface area contributed by atoms with Gasteiger partial charge in [-0.1, -0.05) is 13.0 Å². The van der Waals surface area contributed by atoms with Crippen molar-refractivity contribution in [1.29, 1.82) is 0 Å². The summed E-state index contributed by atoms with van der Waals surface area (Å²) in [7, 11) is 4.54. The largest absolute Gasteiger partial charge is 0.493 e. The number of alkyl halides is 3. The van der Waals surface area contributed by atoms with E-state index in [4.69, 9.17) is 9.47 Å². The van der Waals surface area contributed by atoms with Crippen molar-refractivity contribution in [1.82, 2.24) is 4.90 Å². The summed E-state index contributed by atoms with van der Waals surface area (Å²) < 4.78 is 50.9. The van der Waals surface area contributed by atoms with Crippen molar-refractivity contribution < 1.29 is 27.4 Å². The number of methoxy groups -OCH3 is 2. The Balaban J connectivity index is 2.84. The molecule has 0 aliphatic carbocycles. The molecule has 2 rings (SSSR count). The summed E-state index contributed by atoms with van der Waals surface area (Å²) in [6.07, 6.45) is -4.23. The molecule has 7 heteroatoms. The molecule has 0 bridgehead atoms. The van der Waals surface area contributed by atoms with Crippen molar-refractivity contribution in [2.75, 3.05) is 27.8 Å². The van der Waals surface area contributed by atoms with Gasteiger partial charge in [0, 0.05) is 13.6 Å². The van der Waals surface area contributed by atoms with Gasteiger partial charge < -0.3 is 14.4 Å². The zero-order valence-electron chi connectivity index (χ0n) is 16.6. The number of carbonyl (C=O) groups excluding carboxylic acids is 1. The normalized spacial score (nSPS) is 11.3. The first kappa shape index (κ1) is 21.6. The Kier molecular flexibility index (Phi) is 6.59. The molecule has 0 unspecified atom stereocenters. The first-order valence-electron chi connectivity index (χ1n) is 8.89. The average molecular weight is 395 g/mol. The van der Waals surface area contributed by atoms with Gasteiger partial charge in [0.2, 0.25) is 0 Å². The number of halogens is 3. The second kappa shape index (κ2) is 8.54. The van der Waals surface area contributed by atoms with E-state index in [1.807, 2.05) is 6.92 Å². The number of benzene rings is 2. The Morgan fingerprint density at radius 2 is 1.68 bits per heavy atom. The molecule has 0 spiro atoms. The zero-order valence-corrected chi connectivity index (χ0v) is 16.6. The standard InChI is InChI=1S/C21H24F3NO3/c1-6-13-10-15(21(22,23)24)12-16(19(13)20(26)25(3)7-2)14-8-9-17(27-4)18(11-14)28-5/h8-12H,6-7H2,1-5H3. The van der Waals surface area contributed by atoms with Crippen molar-refractivity contribution in [2.45, 2.75) is 26.4 Å². The van der Waals surface area contributed by atoms with E-state index in [0.29, 0.717) is 35.6 Å². The maximum Gasteiger partial charge on any atom is 0.416 e. The molecule has 28 heavy (non-hydrogen) atoms. The van der Waals surface area contributed by atoms with E-state index in [2.05, 4.69) is 0 Å². The first-order valence-corrected chi connectivity index (χ1v) is 8.89. The predicted octanol–water partition coefficient (Wildman–Crippen LogP) is 5.04. The molecule has 0 atom stereocenters. The van der Waals surface area contributed by atoms with Crippen LogP contribution in [0.3, 0.4) is 0 Å². The molecule has 2 aromatic rings. The molecule has 152 valence electrons. The third-order valence-electron chi connectivity index (χ3n) is 4.66. The van der Waals surface area contributed by atoms with Gasteiger partial charge in [0.05, 0.1) is 25.3 Å². The van der Waals surface area contributed by atoms with Crippen LogP contribution in [0, 0.1) is 0 Å². The van der Waals surface area contributed by atoms with Crippen LogP contribution >= 0.6 is 0 Å². The van der Waals surface area contributed by atoms with Crippen molar-refractivity contribution in [2.24, 2.45) is 0 Å². The Morgan fingerprint density at radius 3 is 2.18 bits per heavy atom. The Labute approximate surface area is 162 Å². The van der Waals surface area contributed by atoms with Gasteiger partial charge >= 0.3 is 6.18 Å². The maximum atomic E-state index is 13.5. The van der Waals surface area contributed by atoms with E-state index < -0.39 is 11.7 Å². The molecule has 2 aromatic carbocycles. The van der Waals surface area contributed by atoms with Crippen LogP contribution < -0.4 is 9.47 Å². The lowest BCUT2D eigenvalue weighted by Crippen LogP contribution is -2.28. The molecule has 1 amide bonds. The van der Waals surface area contributed by atoms with Gasteiger partial charge in [-0.15, -0.1) is 0 Å². The number of rotatable bonds is 6. The first-order chi connectivity index (χ1) is 13.2. The quantitative estimate of drug-likeness (QED) is 0.688. The van der Waals surface area contributed by atoms with Crippen molar-refractivity contribution in [3.63, 3.8) is 0 Å². The number of nitrogens with zero attached hydrogens (tertiary/aromatic N) is 1. The lowest BCUT2D eigenvalue weighted by molar-refractivity contribution is -0.137. The van der Waals surface area contributed by atoms with Crippen LogP contribution in [0.5, 0.6) is 11.5 Å². The van der Waals surface area contributed by atoms with Crippen LogP contribution in [0.1, 0.15) is 35.3 Å². The van der Waals surface area contributed by atoms with E-state index >= 15 is 0 Å². The van der Waals surface area contributed by atoms with E-state index in [-0.39, 0.29) is 17.0 Å². The van der Waals surface area contributed by atoms with E-state index in [1.54, 1.807) is 32.2 Å². The monoisotopic (exact) mass is 395 g/mol. The SMILES string of the molecule is CCc1cc(C(F)(F)F)cc(-c2ccc(OC)c(OC)c2)c1C(=O)N(C)CC. The van der Waals surface area contributed by atoms with Gasteiger partial charge in [0.1, 0.15) is 0 Å². The highest BCUT2D eigenvalue weighted by atomic mass is 19.4. The summed E-state index contributed by atoms with van der Waals surface area (Å²) in [6, 6.07) is 6.89. The molecule has 0 saturated carbocycles. The highest BCUT2D eigenvalue weighted by molar-refractivity contribution is 6.02. The van der Waals surface area contributed by atoms with Gasteiger partial charge in [-0.05, 0) is 54.3 Å². The summed E-state index contributed by atoms with van der Waals surface area (Å²) in [6.45, 7) is 3.98. The fourth-order valence-corrected chi connectivity index (χ4v) is 2.96. The Morgan fingerprint density at radius 1 is 1.04 bits per heavy atom. The topological polar surface area (TPSA) is 38.8 Å². The third kappa shape index (κ3) is 4.24. The highest BCUT2D eigenvalue weighted by Crippen LogP contribution is 2.39. The van der Waals surface area contributed by atoms with Gasteiger partial charge in [0.15, 0.2) is 11.5 Å². The summed E-state index contributed by atoms with van der Waals surface area (Å²) >= 11 is 0. The number of hydrogen-bond acceptors (Lipinski definition) is 3. The lowest BCUT2D eigenvalue weighted by Gasteiger charge is -2.22. The van der Waals surface area contributed by atoms with Gasteiger partial charge in [0.25, 0.3) is 5.91 Å². The molecular weight excluding hydrogens is 371 g/mol. The van der Waals surface area contributed by atoms with E-state index in [1.165, 1.54) is 19.1 Å². The molecule has 4 nitrogen and oxygen atoms in total. The second-order valence-corrected chi connectivity index (χ2v) is 6.30. The van der Waals surface area contributed by atoms with Crippen LogP contribution in [0.4, 0.5) is 13.2 Å². The number of aryl methyl sites for hydroxylation is 1. The van der Waals surface area contributed by atoms with Crippen LogP contribution in [0.15, 0.2) is 30.3 Å². The molecule has 0 aliphatic rings.